The third-order valence-corrected chi connectivity index (χ3v) is 2.56. The highest BCUT2D eigenvalue weighted by atomic mass is 16.5. The van der Waals surface area contributed by atoms with Gasteiger partial charge in [-0.05, 0) is 6.92 Å². The van der Waals surface area contributed by atoms with E-state index in [0.29, 0.717) is 12.2 Å². The van der Waals surface area contributed by atoms with Crippen LogP contribution in [0, 0.1) is 18.3 Å². The summed E-state index contributed by atoms with van der Waals surface area (Å²) in [5.41, 5.74) is 0.190. The lowest BCUT2D eigenvalue weighted by molar-refractivity contribution is -0.130. The highest BCUT2D eigenvalue weighted by Crippen LogP contribution is 2.05. The van der Waals surface area contributed by atoms with Gasteiger partial charge in [0.1, 0.15) is 6.54 Å². The number of rotatable bonds is 5. The van der Waals surface area contributed by atoms with E-state index in [1.165, 1.54) is 18.1 Å². The summed E-state index contributed by atoms with van der Waals surface area (Å²) in [4.78, 5) is 29.2. The van der Waals surface area contributed by atoms with E-state index in [-0.39, 0.29) is 30.4 Å². The van der Waals surface area contributed by atoms with Crippen LogP contribution in [0.1, 0.15) is 12.1 Å². The quantitative estimate of drug-likeness (QED) is 0.743. The maximum atomic E-state index is 11.9. The Morgan fingerprint density at radius 3 is 2.89 bits per heavy atom. The normalized spacial score (nSPS) is 9.79. The van der Waals surface area contributed by atoms with Crippen molar-refractivity contribution in [3.8, 4) is 12.1 Å². The number of aryl methyl sites for hydroxylation is 1. The average Bonchev–Trinajstić information content (AvgIpc) is 2.38. The Kier molecular flexibility index (Phi) is 5.06. The maximum absolute atomic E-state index is 11.9. The van der Waals surface area contributed by atoms with Gasteiger partial charge in [-0.15, -0.1) is 0 Å². The fraction of sp³-hybridized carbons (Fsp3) is 0.500. The van der Waals surface area contributed by atoms with Gasteiger partial charge in [-0.2, -0.15) is 5.26 Å². The summed E-state index contributed by atoms with van der Waals surface area (Å²) < 4.78 is 6.16. The van der Waals surface area contributed by atoms with Crippen molar-refractivity contribution in [2.24, 2.45) is 0 Å². The van der Waals surface area contributed by atoms with Crippen molar-refractivity contribution in [3.63, 3.8) is 0 Å². The van der Waals surface area contributed by atoms with Crippen molar-refractivity contribution < 1.29 is 9.53 Å². The molecule has 0 N–H and O–H groups in total. The minimum Gasteiger partial charge on any atom is -0.468 e. The second kappa shape index (κ2) is 6.54. The van der Waals surface area contributed by atoms with Gasteiger partial charge in [0, 0.05) is 25.4 Å². The number of aromatic nitrogens is 2. The van der Waals surface area contributed by atoms with Crippen molar-refractivity contribution in [1.29, 1.82) is 5.26 Å². The largest absolute Gasteiger partial charge is 0.468 e. The summed E-state index contributed by atoms with van der Waals surface area (Å²) >= 11 is 0. The number of ether oxygens (including phenoxy) is 1. The number of nitrogens with zero attached hydrogens (tertiary/aromatic N) is 4. The van der Waals surface area contributed by atoms with E-state index >= 15 is 0 Å². The first-order valence-corrected chi connectivity index (χ1v) is 5.73. The average molecular weight is 264 g/mol. The summed E-state index contributed by atoms with van der Waals surface area (Å²) in [6.07, 6.45) is 0.250. The van der Waals surface area contributed by atoms with Gasteiger partial charge >= 0.3 is 0 Å². The van der Waals surface area contributed by atoms with Crippen molar-refractivity contribution in [2.75, 3.05) is 20.7 Å². The Labute approximate surface area is 111 Å². The maximum Gasteiger partial charge on any atom is 0.299 e. The monoisotopic (exact) mass is 264 g/mol. The highest BCUT2D eigenvalue weighted by Gasteiger charge is 2.14. The zero-order valence-corrected chi connectivity index (χ0v) is 11.2. The fourth-order valence-corrected chi connectivity index (χ4v) is 1.49. The van der Waals surface area contributed by atoms with Gasteiger partial charge < -0.3 is 9.64 Å². The van der Waals surface area contributed by atoms with Crippen molar-refractivity contribution >= 4 is 5.91 Å². The standard InChI is InChI=1S/C12H16N4O3/c1-9-7-10(17)16(12(14-9)19-3)8-11(18)15(2)6-4-5-13/h7H,4,6,8H2,1-3H3. The molecule has 1 heterocycles. The van der Waals surface area contributed by atoms with Crippen LogP contribution in [0.15, 0.2) is 10.9 Å². The topological polar surface area (TPSA) is 88.2 Å². The molecule has 0 unspecified atom stereocenters. The summed E-state index contributed by atoms with van der Waals surface area (Å²) in [6.45, 7) is 1.85. The first-order chi connectivity index (χ1) is 8.99. The van der Waals surface area contributed by atoms with Gasteiger partial charge in [0.05, 0.1) is 19.6 Å². The summed E-state index contributed by atoms with van der Waals surface area (Å²) in [7, 11) is 2.97. The molecule has 0 atom stereocenters. The summed E-state index contributed by atoms with van der Waals surface area (Å²) in [6, 6.07) is 3.40. The van der Waals surface area contributed by atoms with Crippen molar-refractivity contribution in [3.05, 3.63) is 22.1 Å². The van der Waals surface area contributed by atoms with Crippen molar-refractivity contribution in [1.82, 2.24) is 14.5 Å². The Hall–Kier alpha value is -2.36. The predicted octanol–water partition coefficient (Wildman–Crippen LogP) is -0.0676. The lowest BCUT2D eigenvalue weighted by Gasteiger charge is -2.17. The SMILES string of the molecule is COc1nc(C)cc(=O)n1CC(=O)N(C)CCC#N. The molecule has 19 heavy (non-hydrogen) atoms. The molecule has 1 rings (SSSR count). The second-order valence-corrected chi connectivity index (χ2v) is 4.03. The van der Waals surface area contributed by atoms with Gasteiger partial charge in [-0.25, -0.2) is 4.98 Å². The molecule has 0 spiro atoms. The van der Waals surface area contributed by atoms with Gasteiger partial charge in [-0.3, -0.25) is 14.2 Å². The number of likely N-dealkylation sites (N-methyl/N-ethyl adjacent to an activating group) is 1. The van der Waals surface area contributed by atoms with E-state index in [2.05, 4.69) is 4.98 Å². The van der Waals surface area contributed by atoms with E-state index < -0.39 is 0 Å². The Bertz CT molecular complexity index is 559. The fourth-order valence-electron chi connectivity index (χ4n) is 1.49. The molecule has 0 aromatic carbocycles. The zero-order valence-electron chi connectivity index (χ0n) is 11.2. The minimum atomic E-state index is -0.341. The zero-order chi connectivity index (χ0) is 14.4. The van der Waals surface area contributed by atoms with Crippen LogP contribution in [0.5, 0.6) is 6.01 Å². The predicted molar refractivity (Wildman–Crippen MR) is 67.7 cm³/mol. The van der Waals surface area contributed by atoms with Crippen LogP contribution in [0.2, 0.25) is 0 Å². The molecule has 1 aromatic heterocycles. The number of nitriles is 1. The molecule has 0 aliphatic carbocycles. The van der Waals surface area contributed by atoms with Crippen LogP contribution in [-0.4, -0.2) is 41.1 Å². The molecule has 0 saturated heterocycles. The molecule has 7 heteroatoms. The Balaban J connectivity index is 2.91. The lowest BCUT2D eigenvalue weighted by Crippen LogP contribution is -2.35. The molecular weight excluding hydrogens is 248 g/mol. The second-order valence-electron chi connectivity index (χ2n) is 4.03. The van der Waals surface area contributed by atoms with E-state index in [9.17, 15) is 9.59 Å². The number of hydrogen-bond acceptors (Lipinski definition) is 5. The number of carbonyl (C=O) groups is 1. The molecule has 0 fully saturated rings. The third kappa shape index (κ3) is 3.81. The van der Waals surface area contributed by atoms with Gasteiger partial charge in [0.25, 0.3) is 11.6 Å². The van der Waals surface area contributed by atoms with Crippen LogP contribution in [0.25, 0.3) is 0 Å². The molecule has 7 nitrogen and oxygen atoms in total. The highest BCUT2D eigenvalue weighted by molar-refractivity contribution is 5.75. The van der Waals surface area contributed by atoms with Crippen LogP contribution < -0.4 is 10.3 Å². The molecule has 0 saturated carbocycles. The Morgan fingerprint density at radius 1 is 1.63 bits per heavy atom. The lowest BCUT2D eigenvalue weighted by atomic mass is 10.4. The first kappa shape index (κ1) is 14.7. The summed E-state index contributed by atoms with van der Waals surface area (Å²) in [5.74, 6) is -0.277. The smallest absolute Gasteiger partial charge is 0.299 e. The number of amides is 1. The third-order valence-electron chi connectivity index (χ3n) is 2.56. The summed E-state index contributed by atoms with van der Waals surface area (Å²) in [5, 5.41) is 8.47. The number of hydrogen-bond donors (Lipinski definition) is 0. The first-order valence-electron chi connectivity index (χ1n) is 5.73. The molecule has 0 bridgehead atoms. The van der Waals surface area contributed by atoms with Crippen LogP contribution >= 0.6 is 0 Å². The Morgan fingerprint density at radius 2 is 2.32 bits per heavy atom. The van der Waals surface area contributed by atoms with E-state index in [1.54, 1.807) is 14.0 Å². The number of methoxy groups -OCH3 is 1. The molecule has 0 aliphatic rings. The molecule has 102 valence electrons. The molecule has 0 radical (unpaired) electrons. The minimum absolute atomic E-state index is 0.104. The molecule has 1 aromatic rings. The van der Waals surface area contributed by atoms with Crippen molar-refractivity contribution in [2.45, 2.75) is 19.9 Å². The van der Waals surface area contributed by atoms with Crippen LogP contribution in [0.3, 0.4) is 0 Å². The molecule has 0 aliphatic heterocycles. The van der Waals surface area contributed by atoms with Crippen LogP contribution in [-0.2, 0) is 11.3 Å². The van der Waals surface area contributed by atoms with Gasteiger partial charge in [0.2, 0.25) is 5.91 Å². The molecule has 1 amide bonds. The van der Waals surface area contributed by atoms with Crippen LogP contribution in [0.4, 0.5) is 0 Å². The van der Waals surface area contributed by atoms with Gasteiger partial charge in [-0.1, -0.05) is 0 Å². The van der Waals surface area contributed by atoms with E-state index in [0.717, 1.165) is 4.57 Å². The number of carbonyl (C=O) groups excluding carboxylic acids is 1. The molecular formula is C12H16N4O3. The van der Waals surface area contributed by atoms with Gasteiger partial charge in [0.15, 0.2) is 0 Å². The van der Waals surface area contributed by atoms with E-state index in [1.807, 2.05) is 6.07 Å². The van der Waals surface area contributed by atoms with E-state index in [4.69, 9.17) is 10.00 Å².